The van der Waals surface area contributed by atoms with Crippen molar-refractivity contribution in [2.45, 2.75) is 110 Å². The van der Waals surface area contributed by atoms with Crippen LogP contribution in [0.15, 0.2) is 0 Å². The van der Waals surface area contributed by atoms with Gasteiger partial charge in [0.05, 0.1) is 6.10 Å². The fourth-order valence-electron chi connectivity index (χ4n) is 2.66. The van der Waals surface area contributed by atoms with Crippen LogP contribution >= 0.6 is 0 Å². The zero-order valence-corrected chi connectivity index (χ0v) is 21.4. The van der Waals surface area contributed by atoms with Gasteiger partial charge in [-0.2, -0.15) is 0 Å². The topological polar surface area (TPSA) is 66.0 Å². The molecule has 1 amide bonds. The third-order valence-corrected chi connectivity index (χ3v) is 9.87. The van der Waals surface area contributed by atoms with E-state index in [1.54, 1.807) is 0 Å². The van der Waals surface area contributed by atoms with E-state index in [-0.39, 0.29) is 17.4 Å². The van der Waals surface area contributed by atoms with Gasteiger partial charge in [-0.1, -0.05) is 32.6 Å². The van der Waals surface area contributed by atoms with E-state index in [0.717, 1.165) is 25.9 Å². The monoisotopic (exact) mass is 441 g/mol. The lowest BCUT2D eigenvalue weighted by Crippen LogP contribution is -2.44. The molecular weight excluding hydrogens is 398 g/mol. The molecule has 1 unspecified atom stereocenters. The van der Waals surface area contributed by atoms with E-state index in [9.17, 15) is 4.79 Å². The molecular formula is C23H43NO5Si. The molecule has 0 aromatic carbocycles. The molecule has 1 rings (SSSR count). The Morgan fingerprint density at radius 1 is 1.17 bits per heavy atom. The highest BCUT2D eigenvalue weighted by atomic mass is 28.4. The largest absolute Gasteiger partial charge is 0.444 e. The molecule has 2 atom stereocenters. The minimum Gasteiger partial charge on any atom is -0.444 e. The summed E-state index contributed by atoms with van der Waals surface area (Å²) in [6, 6.07) is 0. The van der Waals surface area contributed by atoms with Crippen molar-refractivity contribution >= 4 is 14.4 Å². The Labute approximate surface area is 184 Å². The molecule has 0 radical (unpaired) electrons. The third-order valence-electron chi connectivity index (χ3n) is 5.34. The number of carbonyl (C=O) groups excluding carboxylic acids is 1. The zero-order valence-electron chi connectivity index (χ0n) is 20.4. The van der Waals surface area contributed by atoms with Gasteiger partial charge in [-0.3, -0.25) is 0 Å². The number of carbonyl (C=O) groups is 1. The highest BCUT2D eigenvalue weighted by molar-refractivity contribution is 6.74. The van der Waals surface area contributed by atoms with Crippen molar-refractivity contribution < 1.29 is 23.4 Å². The van der Waals surface area contributed by atoms with Crippen molar-refractivity contribution in [2.24, 2.45) is 0 Å². The molecule has 0 saturated carbocycles. The SMILES string of the molecule is CC(C)(C)OC(=O)NCC[C@@H](CC#CCOC1CCCCO1)O[Si](C)(C)C(C)(C)C. The number of rotatable bonds is 8. The Bertz CT molecular complexity index is 577. The Kier molecular flexibility index (Phi) is 10.9. The summed E-state index contributed by atoms with van der Waals surface area (Å²) in [7, 11) is -1.94. The normalized spacial score (nSPS) is 18.9. The van der Waals surface area contributed by atoms with Gasteiger partial charge in [0, 0.05) is 19.6 Å². The minimum atomic E-state index is -1.94. The quantitative estimate of drug-likeness (QED) is 0.413. The molecule has 1 fully saturated rings. The number of amides is 1. The van der Waals surface area contributed by atoms with Crippen LogP contribution in [0.2, 0.25) is 18.1 Å². The van der Waals surface area contributed by atoms with Crippen LogP contribution in [0.5, 0.6) is 0 Å². The first-order chi connectivity index (χ1) is 13.8. The molecule has 1 saturated heterocycles. The van der Waals surface area contributed by atoms with E-state index in [1.165, 1.54) is 0 Å². The number of hydrogen-bond acceptors (Lipinski definition) is 5. The lowest BCUT2D eigenvalue weighted by molar-refractivity contribution is -0.154. The number of alkyl carbamates (subject to hydrolysis) is 1. The smallest absolute Gasteiger partial charge is 0.407 e. The van der Waals surface area contributed by atoms with Crippen molar-refractivity contribution in [3.05, 3.63) is 0 Å². The molecule has 1 aliphatic heterocycles. The summed E-state index contributed by atoms with van der Waals surface area (Å²) in [5, 5.41) is 2.93. The van der Waals surface area contributed by atoms with Gasteiger partial charge >= 0.3 is 6.09 Å². The number of hydrogen-bond donors (Lipinski definition) is 1. The van der Waals surface area contributed by atoms with E-state index >= 15 is 0 Å². The lowest BCUT2D eigenvalue weighted by Gasteiger charge is -2.39. The summed E-state index contributed by atoms with van der Waals surface area (Å²) in [6.07, 6.45) is 3.92. The van der Waals surface area contributed by atoms with E-state index in [1.807, 2.05) is 20.8 Å². The Balaban J connectivity index is 2.55. The first-order valence-electron chi connectivity index (χ1n) is 11.1. The van der Waals surface area contributed by atoms with Crippen molar-refractivity contribution in [1.29, 1.82) is 0 Å². The molecule has 30 heavy (non-hydrogen) atoms. The van der Waals surface area contributed by atoms with Crippen LogP contribution in [-0.4, -0.2) is 52.2 Å². The Hall–Kier alpha value is -1.07. The average Bonchev–Trinajstić information content (AvgIpc) is 2.59. The van der Waals surface area contributed by atoms with Crippen LogP contribution in [0.1, 0.15) is 73.6 Å². The molecule has 1 heterocycles. The molecule has 174 valence electrons. The molecule has 0 aromatic heterocycles. The summed E-state index contributed by atoms with van der Waals surface area (Å²) >= 11 is 0. The molecule has 0 aliphatic carbocycles. The molecule has 1 aliphatic rings. The predicted molar refractivity (Wildman–Crippen MR) is 123 cm³/mol. The van der Waals surface area contributed by atoms with Gasteiger partial charge in [0.1, 0.15) is 12.2 Å². The maximum absolute atomic E-state index is 11.9. The standard InChI is InChI=1S/C23H43NO5Si/c1-22(2,3)28-21(25)24-16-15-19(29-30(7,8)23(4,5)6)13-9-11-17-26-20-14-10-12-18-27-20/h19-20H,10,12-18H2,1-8H3,(H,24,25)/t19-,20?/m1/s1. The Morgan fingerprint density at radius 2 is 1.87 bits per heavy atom. The second kappa shape index (κ2) is 12.1. The van der Waals surface area contributed by atoms with Crippen molar-refractivity contribution in [2.75, 3.05) is 19.8 Å². The van der Waals surface area contributed by atoms with Crippen LogP contribution < -0.4 is 5.32 Å². The first-order valence-corrected chi connectivity index (χ1v) is 14.0. The van der Waals surface area contributed by atoms with Gasteiger partial charge in [-0.15, -0.1) is 0 Å². The van der Waals surface area contributed by atoms with E-state index < -0.39 is 20.0 Å². The first kappa shape index (κ1) is 27.0. The summed E-state index contributed by atoms with van der Waals surface area (Å²) in [5.74, 6) is 6.29. The molecule has 6 nitrogen and oxygen atoms in total. The number of nitrogens with one attached hydrogen (secondary N) is 1. The molecule has 0 aromatic rings. The lowest BCUT2D eigenvalue weighted by atomic mass is 10.2. The van der Waals surface area contributed by atoms with E-state index in [0.29, 0.717) is 26.0 Å². The fraction of sp³-hybridized carbons (Fsp3) is 0.870. The molecule has 0 spiro atoms. The van der Waals surface area contributed by atoms with Crippen LogP contribution in [0.3, 0.4) is 0 Å². The van der Waals surface area contributed by atoms with Crippen LogP contribution in [0.25, 0.3) is 0 Å². The van der Waals surface area contributed by atoms with Crippen LogP contribution in [0, 0.1) is 11.8 Å². The van der Waals surface area contributed by atoms with Crippen LogP contribution in [-0.2, 0) is 18.6 Å². The highest BCUT2D eigenvalue weighted by Gasteiger charge is 2.39. The summed E-state index contributed by atoms with van der Waals surface area (Å²) in [5.41, 5.74) is -0.505. The fourth-order valence-corrected chi connectivity index (χ4v) is 4.05. The summed E-state index contributed by atoms with van der Waals surface area (Å²) in [4.78, 5) is 11.9. The number of ether oxygens (including phenoxy) is 3. The molecule has 0 bridgehead atoms. The second-order valence-electron chi connectivity index (χ2n) is 10.4. The van der Waals surface area contributed by atoms with Gasteiger partial charge in [-0.05, 0) is 64.6 Å². The maximum atomic E-state index is 11.9. The van der Waals surface area contributed by atoms with Crippen LogP contribution in [0.4, 0.5) is 4.79 Å². The second-order valence-corrected chi connectivity index (χ2v) is 15.1. The highest BCUT2D eigenvalue weighted by Crippen LogP contribution is 2.37. The van der Waals surface area contributed by atoms with Gasteiger partial charge in [0.25, 0.3) is 0 Å². The minimum absolute atomic E-state index is 0.0424. The van der Waals surface area contributed by atoms with Crippen molar-refractivity contribution in [3.63, 3.8) is 0 Å². The van der Waals surface area contributed by atoms with Gasteiger partial charge in [0.15, 0.2) is 14.6 Å². The molecule has 1 N–H and O–H groups in total. The maximum Gasteiger partial charge on any atom is 0.407 e. The predicted octanol–water partition coefficient (Wildman–Crippen LogP) is 5.23. The zero-order chi connectivity index (χ0) is 22.8. The van der Waals surface area contributed by atoms with E-state index in [2.05, 4.69) is 51.0 Å². The summed E-state index contributed by atoms with van der Waals surface area (Å²) < 4.78 is 23.1. The van der Waals surface area contributed by atoms with Crippen molar-refractivity contribution in [1.82, 2.24) is 5.32 Å². The van der Waals surface area contributed by atoms with Crippen molar-refractivity contribution in [3.8, 4) is 11.8 Å². The third kappa shape index (κ3) is 11.4. The van der Waals surface area contributed by atoms with Gasteiger partial charge in [-0.25, -0.2) is 4.79 Å². The van der Waals surface area contributed by atoms with Gasteiger partial charge < -0.3 is 24.0 Å². The summed E-state index contributed by atoms with van der Waals surface area (Å²) in [6.45, 7) is 18.3. The Morgan fingerprint density at radius 3 is 2.43 bits per heavy atom. The average molecular weight is 442 g/mol. The molecule has 7 heteroatoms. The van der Waals surface area contributed by atoms with Gasteiger partial charge in [0.2, 0.25) is 0 Å². The van der Waals surface area contributed by atoms with E-state index in [4.69, 9.17) is 18.6 Å².